The molecule has 4 heteroatoms. The summed E-state index contributed by atoms with van der Waals surface area (Å²) < 4.78 is 0. The summed E-state index contributed by atoms with van der Waals surface area (Å²) >= 11 is 0. The molecule has 0 saturated heterocycles. The van der Waals surface area contributed by atoms with Crippen LogP contribution in [0.15, 0.2) is 18.2 Å². The predicted octanol–water partition coefficient (Wildman–Crippen LogP) is 2.49. The van der Waals surface area contributed by atoms with E-state index in [-0.39, 0.29) is 5.56 Å². The largest absolute Gasteiger partial charge is 0.478 e. The maximum absolute atomic E-state index is 10.8. The predicted molar refractivity (Wildman–Crippen MR) is 66.3 cm³/mol. The van der Waals surface area contributed by atoms with Gasteiger partial charge in [0.15, 0.2) is 0 Å². The molecule has 0 radical (unpaired) electrons. The van der Waals surface area contributed by atoms with Crippen molar-refractivity contribution in [3.05, 3.63) is 29.3 Å². The van der Waals surface area contributed by atoms with Crippen molar-refractivity contribution < 1.29 is 9.90 Å². The molecule has 1 rings (SSSR count). The van der Waals surface area contributed by atoms with Crippen molar-refractivity contribution >= 4 is 11.7 Å². The topological polar surface area (TPSA) is 64.3 Å². The summed E-state index contributed by atoms with van der Waals surface area (Å²) in [6.07, 6.45) is 0.986. The molecule has 1 aromatic carbocycles. The van der Waals surface area contributed by atoms with Gasteiger partial charge in [0.25, 0.3) is 0 Å². The van der Waals surface area contributed by atoms with Gasteiger partial charge in [-0.3, -0.25) is 0 Å². The number of carboxylic acid groups (broad SMARTS) is 1. The number of rotatable bonds is 5. The number of carbonyl (C=O) groups is 1. The van der Waals surface area contributed by atoms with Crippen LogP contribution < -0.4 is 4.90 Å². The molecule has 0 amide bonds. The minimum Gasteiger partial charge on any atom is -0.478 e. The molecule has 1 N–H and O–H groups in total. The van der Waals surface area contributed by atoms with Gasteiger partial charge in [0, 0.05) is 13.1 Å². The Labute approximate surface area is 101 Å². The number of nitrogens with zero attached hydrogens (tertiary/aromatic N) is 2. The third-order valence-electron chi connectivity index (χ3n) is 2.58. The minimum absolute atomic E-state index is 0.151. The number of anilines is 1. The van der Waals surface area contributed by atoms with Gasteiger partial charge >= 0.3 is 5.97 Å². The molecule has 4 nitrogen and oxygen atoms in total. The zero-order valence-corrected chi connectivity index (χ0v) is 10.1. The van der Waals surface area contributed by atoms with Crippen LogP contribution in [-0.4, -0.2) is 24.2 Å². The fourth-order valence-electron chi connectivity index (χ4n) is 1.75. The Morgan fingerprint density at radius 1 is 1.47 bits per heavy atom. The lowest BCUT2D eigenvalue weighted by Gasteiger charge is -2.23. The maximum atomic E-state index is 10.8. The molecule has 0 saturated carbocycles. The Kier molecular flexibility index (Phi) is 4.53. The molecule has 0 aromatic heterocycles. The second-order valence-electron chi connectivity index (χ2n) is 3.73. The molecule has 0 bridgehead atoms. The lowest BCUT2D eigenvalue weighted by atomic mass is 10.1. The quantitative estimate of drug-likeness (QED) is 0.847. The van der Waals surface area contributed by atoms with E-state index in [4.69, 9.17) is 10.4 Å². The third kappa shape index (κ3) is 2.97. The van der Waals surface area contributed by atoms with Crippen molar-refractivity contribution in [1.29, 1.82) is 5.26 Å². The standard InChI is InChI=1S/C13H16N2O2/c1-3-7-15(4-2)12-6-5-10(13(16)17)8-11(12)9-14/h5-6,8H,3-4,7H2,1-2H3,(H,16,17). The van der Waals surface area contributed by atoms with Crippen LogP contribution in [0.25, 0.3) is 0 Å². The number of aromatic carboxylic acids is 1. The fourth-order valence-corrected chi connectivity index (χ4v) is 1.75. The summed E-state index contributed by atoms with van der Waals surface area (Å²) in [7, 11) is 0. The molecule has 0 aliphatic carbocycles. The fraction of sp³-hybridized carbons (Fsp3) is 0.385. The van der Waals surface area contributed by atoms with E-state index >= 15 is 0 Å². The molecule has 1 aromatic rings. The van der Waals surface area contributed by atoms with E-state index < -0.39 is 5.97 Å². The summed E-state index contributed by atoms with van der Waals surface area (Å²) in [6.45, 7) is 5.74. The lowest BCUT2D eigenvalue weighted by Crippen LogP contribution is -2.24. The molecular formula is C13H16N2O2. The second kappa shape index (κ2) is 5.90. The molecule has 17 heavy (non-hydrogen) atoms. The number of benzene rings is 1. The number of nitriles is 1. The lowest BCUT2D eigenvalue weighted by molar-refractivity contribution is 0.0697. The normalized spacial score (nSPS) is 9.71. The maximum Gasteiger partial charge on any atom is 0.335 e. The van der Waals surface area contributed by atoms with Crippen molar-refractivity contribution in [3.63, 3.8) is 0 Å². The highest BCUT2D eigenvalue weighted by Crippen LogP contribution is 2.21. The van der Waals surface area contributed by atoms with Crippen molar-refractivity contribution in [3.8, 4) is 6.07 Å². The summed E-state index contributed by atoms with van der Waals surface area (Å²) in [5.41, 5.74) is 1.37. The molecule has 0 heterocycles. The molecule has 90 valence electrons. The van der Waals surface area contributed by atoms with Gasteiger partial charge in [0.05, 0.1) is 16.8 Å². The van der Waals surface area contributed by atoms with E-state index in [9.17, 15) is 4.79 Å². The smallest absolute Gasteiger partial charge is 0.335 e. The van der Waals surface area contributed by atoms with Crippen molar-refractivity contribution in [2.24, 2.45) is 0 Å². The van der Waals surface area contributed by atoms with Gasteiger partial charge in [-0.15, -0.1) is 0 Å². The molecule has 0 spiro atoms. The summed E-state index contributed by atoms with van der Waals surface area (Å²) in [5.74, 6) is -1.01. The highest BCUT2D eigenvalue weighted by atomic mass is 16.4. The summed E-state index contributed by atoms with van der Waals surface area (Å²) in [4.78, 5) is 12.9. The highest BCUT2D eigenvalue weighted by molar-refractivity contribution is 5.89. The molecule has 0 unspecified atom stereocenters. The highest BCUT2D eigenvalue weighted by Gasteiger charge is 2.12. The van der Waals surface area contributed by atoms with Crippen LogP contribution in [0.5, 0.6) is 0 Å². The number of hydrogen-bond acceptors (Lipinski definition) is 3. The Hall–Kier alpha value is -2.02. The van der Waals surface area contributed by atoms with Crippen LogP contribution in [0, 0.1) is 11.3 Å². The van der Waals surface area contributed by atoms with E-state index in [0.717, 1.165) is 25.2 Å². The average molecular weight is 232 g/mol. The van der Waals surface area contributed by atoms with Crippen molar-refractivity contribution in [2.75, 3.05) is 18.0 Å². The first-order valence-corrected chi connectivity index (χ1v) is 5.66. The van der Waals surface area contributed by atoms with Gasteiger partial charge in [0.1, 0.15) is 6.07 Å². The minimum atomic E-state index is -1.01. The van der Waals surface area contributed by atoms with Crippen LogP contribution in [0.1, 0.15) is 36.2 Å². The second-order valence-corrected chi connectivity index (χ2v) is 3.73. The van der Waals surface area contributed by atoms with Crippen molar-refractivity contribution in [1.82, 2.24) is 0 Å². The monoisotopic (exact) mass is 232 g/mol. The van der Waals surface area contributed by atoms with Gasteiger partial charge < -0.3 is 10.0 Å². The summed E-state index contributed by atoms with van der Waals surface area (Å²) in [5, 5.41) is 17.9. The molecule has 0 aliphatic rings. The van der Waals surface area contributed by atoms with Gasteiger partial charge in [-0.1, -0.05) is 6.92 Å². The van der Waals surface area contributed by atoms with Gasteiger partial charge in [-0.2, -0.15) is 5.26 Å². The Bertz CT molecular complexity index is 449. The van der Waals surface area contributed by atoms with E-state index in [0.29, 0.717) is 5.56 Å². The van der Waals surface area contributed by atoms with Crippen molar-refractivity contribution in [2.45, 2.75) is 20.3 Å². The van der Waals surface area contributed by atoms with E-state index in [1.165, 1.54) is 12.1 Å². The zero-order chi connectivity index (χ0) is 12.8. The Morgan fingerprint density at radius 3 is 2.65 bits per heavy atom. The van der Waals surface area contributed by atoms with Gasteiger partial charge in [0.2, 0.25) is 0 Å². The Morgan fingerprint density at radius 2 is 2.18 bits per heavy atom. The first kappa shape index (κ1) is 13.0. The van der Waals surface area contributed by atoms with E-state index in [1.807, 2.05) is 6.92 Å². The van der Waals surface area contributed by atoms with E-state index in [2.05, 4.69) is 17.9 Å². The first-order chi connectivity index (χ1) is 8.13. The zero-order valence-electron chi connectivity index (χ0n) is 10.1. The van der Waals surface area contributed by atoms with E-state index in [1.54, 1.807) is 6.07 Å². The third-order valence-corrected chi connectivity index (χ3v) is 2.58. The van der Waals surface area contributed by atoms with Crippen LogP contribution in [0.4, 0.5) is 5.69 Å². The number of hydrogen-bond donors (Lipinski definition) is 1. The first-order valence-electron chi connectivity index (χ1n) is 5.66. The van der Waals surface area contributed by atoms with Crippen LogP contribution in [-0.2, 0) is 0 Å². The Balaban J connectivity index is 3.16. The molecule has 0 aliphatic heterocycles. The SMILES string of the molecule is CCCN(CC)c1ccc(C(=O)O)cc1C#N. The molecule has 0 fully saturated rings. The summed E-state index contributed by atoms with van der Waals surface area (Å²) in [6, 6.07) is 6.73. The average Bonchev–Trinajstić information content (AvgIpc) is 2.35. The number of carboxylic acids is 1. The van der Waals surface area contributed by atoms with Gasteiger partial charge in [-0.25, -0.2) is 4.79 Å². The molecular weight excluding hydrogens is 216 g/mol. The van der Waals surface area contributed by atoms with Gasteiger partial charge in [-0.05, 0) is 31.5 Å². The molecule has 0 atom stereocenters. The van der Waals surface area contributed by atoms with Crippen LogP contribution in [0.3, 0.4) is 0 Å². The van der Waals surface area contributed by atoms with Crippen LogP contribution in [0.2, 0.25) is 0 Å². The van der Waals surface area contributed by atoms with Crippen LogP contribution >= 0.6 is 0 Å².